The predicted molar refractivity (Wildman–Crippen MR) is 104 cm³/mol. The number of hydrogen-bond donors (Lipinski definition) is 6. The van der Waals surface area contributed by atoms with Gasteiger partial charge in [-0.2, -0.15) is 0 Å². The van der Waals surface area contributed by atoms with E-state index < -0.39 is 70.4 Å². The molecule has 27 heavy (non-hydrogen) atoms. The van der Waals surface area contributed by atoms with Crippen LogP contribution < -0.4 is 19.8 Å². The van der Waals surface area contributed by atoms with Gasteiger partial charge in [-0.15, -0.1) is 0 Å². The molecule has 0 aliphatic rings. The standard InChI is InChI=1S/6C2H5NO.3In.3H/c6*1-2(3)4;;;;;;/h6*1H3,(H2,3,4);;;;;;/q;;;;;;3*+2;;;/p-6. The van der Waals surface area contributed by atoms with Crippen LogP contribution in [0.2, 0.25) is 0 Å². The molecule has 0 radical (unpaired) electrons. The number of carbonyl (C=O) groups is 6. The fraction of sp³-hybridized carbons (Fsp3) is 0.500. The third-order valence-corrected chi connectivity index (χ3v) is 13.6. The van der Waals surface area contributed by atoms with Gasteiger partial charge in [0.25, 0.3) is 0 Å². The predicted octanol–water partition coefficient (Wildman–Crippen LogP) is -4.42. The fourth-order valence-electron chi connectivity index (χ4n) is 0.879. The van der Waals surface area contributed by atoms with E-state index in [0.29, 0.717) is 0 Å². The molecular weight excluding hydrogens is 669 g/mol. The third kappa shape index (κ3) is 46.0. The molecule has 0 atom stereocenters. The first kappa shape index (κ1) is 31.1. The molecule has 0 aliphatic carbocycles. The van der Waals surface area contributed by atoms with E-state index in [0.717, 1.165) is 0 Å². The van der Waals surface area contributed by atoms with Gasteiger partial charge in [0.2, 0.25) is 0 Å². The fourth-order valence-corrected chi connectivity index (χ4v) is 5.90. The van der Waals surface area contributed by atoms with E-state index in [1.165, 1.54) is 41.5 Å². The summed E-state index contributed by atoms with van der Waals surface area (Å²) in [5.41, 5.74) is 0. The first-order valence-electron chi connectivity index (χ1n) is 7.85. The van der Waals surface area contributed by atoms with E-state index >= 15 is 0 Å². The molecule has 0 unspecified atom stereocenters. The Hall–Kier alpha value is -0.570. The molecule has 0 fully saturated rings. The molecule has 0 aliphatic heterocycles. The van der Waals surface area contributed by atoms with Gasteiger partial charge in [-0.25, -0.2) is 0 Å². The van der Waals surface area contributed by atoms with Crippen LogP contribution >= 0.6 is 0 Å². The third-order valence-electron chi connectivity index (χ3n) is 2.02. The van der Waals surface area contributed by atoms with E-state index in [4.69, 9.17) is 0 Å². The van der Waals surface area contributed by atoms with Crippen LogP contribution in [0.1, 0.15) is 41.5 Å². The Bertz CT molecular complexity index is 407. The number of hydrogen-bond acceptors (Lipinski definition) is 6. The van der Waals surface area contributed by atoms with Crippen molar-refractivity contribution in [2.75, 3.05) is 0 Å². The number of rotatable bonds is 6. The summed E-state index contributed by atoms with van der Waals surface area (Å²) in [5, 5.41) is 0. The van der Waals surface area contributed by atoms with Crippen molar-refractivity contribution in [1.29, 1.82) is 0 Å². The first-order valence-corrected chi connectivity index (χ1v) is 20.0. The normalized spacial score (nSPS) is 7.78. The summed E-state index contributed by atoms with van der Waals surface area (Å²) in [6, 6.07) is 0. The quantitative estimate of drug-likeness (QED) is 0.164. The molecule has 0 aromatic heterocycles. The Morgan fingerprint density at radius 3 is 0.556 bits per heavy atom. The summed E-state index contributed by atoms with van der Waals surface area (Å²) in [6.07, 6.45) is 0. The van der Waals surface area contributed by atoms with Crippen LogP contribution in [-0.4, -0.2) is 106 Å². The van der Waals surface area contributed by atoms with Gasteiger partial charge in [0.05, 0.1) is 0 Å². The molecule has 6 amide bonds. The van der Waals surface area contributed by atoms with Crippen LogP contribution in [0.25, 0.3) is 0 Å². The van der Waals surface area contributed by atoms with E-state index in [1.807, 2.05) is 0 Å². The summed E-state index contributed by atoms with van der Waals surface area (Å²) in [5.74, 6) is -0.336. The van der Waals surface area contributed by atoms with Crippen molar-refractivity contribution in [2.45, 2.75) is 41.5 Å². The molecule has 150 valence electrons. The second-order valence-electron chi connectivity index (χ2n) is 4.93. The van der Waals surface area contributed by atoms with Crippen LogP contribution in [0.15, 0.2) is 0 Å². The molecule has 0 saturated heterocycles. The number of nitrogens with one attached hydrogen (secondary N) is 6. The second-order valence-corrected chi connectivity index (χ2v) is 14.0. The molecule has 0 rings (SSSR count). The summed E-state index contributed by atoms with van der Waals surface area (Å²) >= 11 is -4.33. The average molecular weight is 696 g/mol. The Morgan fingerprint density at radius 2 is 0.481 bits per heavy atom. The zero-order chi connectivity index (χ0) is 21.8. The van der Waals surface area contributed by atoms with Gasteiger partial charge in [0.15, 0.2) is 0 Å². The molecule has 15 heteroatoms. The van der Waals surface area contributed by atoms with Crippen LogP contribution in [-0.2, 0) is 28.8 Å². The Labute approximate surface area is 194 Å². The van der Waals surface area contributed by atoms with Crippen molar-refractivity contribution in [3.8, 4) is 0 Å². The zero-order valence-electron chi connectivity index (χ0n) is 16.6. The molecule has 0 saturated carbocycles. The van der Waals surface area contributed by atoms with Crippen molar-refractivity contribution in [3.05, 3.63) is 0 Å². The molecule has 0 aromatic carbocycles. The van der Waals surface area contributed by atoms with Crippen LogP contribution in [0.5, 0.6) is 0 Å². The van der Waals surface area contributed by atoms with Crippen LogP contribution in [0.3, 0.4) is 0 Å². The summed E-state index contributed by atoms with van der Waals surface area (Å²) in [7, 11) is 0. The molecule has 0 spiro atoms. The summed E-state index contributed by atoms with van der Waals surface area (Å²) in [4.78, 5) is 61.3. The monoisotopic (exact) mass is 696 g/mol. The minimum atomic E-state index is -1.44. The summed E-state index contributed by atoms with van der Waals surface area (Å²) < 4.78 is 15.7. The maximum absolute atomic E-state index is 10.2. The minimum absolute atomic E-state index is 0.0560. The number of amides is 6. The van der Waals surface area contributed by atoms with Gasteiger partial charge in [-0.1, -0.05) is 0 Å². The molecule has 0 aromatic rings. The SMILES string of the molecule is CC(=O)[NH][InH][NH]C(C)=O.CC(=O)[NH][InH][NH]C(C)=O.CC(=O)[NH][InH][NH]C(C)=O. The molecule has 0 bridgehead atoms. The van der Waals surface area contributed by atoms with Crippen molar-refractivity contribution < 1.29 is 28.8 Å². The second kappa shape index (κ2) is 21.7. The van der Waals surface area contributed by atoms with Gasteiger partial charge in [0, 0.05) is 0 Å². The van der Waals surface area contributed by atoms with Gasteiger partial charge in [-0.05, 0) is 0 Å². The first-order chi connectivity index (χ1) is 12.4. The van der Waals surface area contributed by atoms with Crippen LogP contribution in [0, 0.1) is 0 Å². The molecule has 0 heterocycles. The molecule has 12 nitrogen and oxygen atoms in total. The van der Waals surface area contributed by atoms with Crippen molar-refractivity contribution in [1.82, 2.24) is 19.8 Å². The maximum atomic E-state index is 10.2. The Kier molecular flexibility index (Phi) is 25.1. The van der Waals surface area contributed by atoms with E-state index in [2.05, 4.69) is 19.8 Å². The van der Waals surface area contributed by atoms with Crippen LogP contribution in [0.4, 0.5) is 0 Å². The Morgan fingerprint density at radius 1 is 0.370 bits per heavy atom. The molecular formula is C12H27In3N6O6. The van der Waals surface area contributed by atoms with Gasteiger partial charge in [-0.3, -0.25) is 0 Å². The van der Waals surface area contributed by atoms with E-state index in [9.17, 15) is 28.8 Å². The van der Waals surface area contributed by atoms with Gasteiger partial charge >= 0.3 is 196 Å². The number of carbonyl (C=O) groups excluding carboxylic acids is 6. The van der Waals surface area contributed by atoms with Crippen molar-refractivity contribution >= 4 is 106 Å². The molecule has 6 N–H and O–H groups in total. The van der Waals surface area contributed by atoms with Gasteiger partial charge < -0.3 is 0 Å². The van der Waals surface area contributed by atoms with Crippen molar-refractivity contribution in [2.24, 2.45) is 0 Å². The topological polar surface area (TPSA) is 175 Å². The summed E-state index contributed by atoms with van der Waals surface area (Å²) in [6.45, 7) is 8.66. The van der Waals surface area contributed by atoms with Gasteiger partial charge in [0.1, 0.15) is 0 Å². The van der Waals surface area contributed by atoms with E-state index in [1.54, 1.807) is 0 Å². The van der Waals surface area contributed by atoms with Crippen molar-refractivity contribution in [3.63, 3.8) is 0 Å². The van der Waals surface area contributed by atoms with E-state index in [-0.39, 0.29) is 35.4 Å². The average Bonchev–Trinajstić information content (AvgIpc) is 2.46. The Balaban J connectivity index is -0.000000320. The zero-order valence-corrected chi connectivity index (χ0v) is 28.7.